The molecule has 0 heterocycles. The number of rotatable bonds is 13. The zero-order valence-corrected chi connectivity index (χ0v) is 18.9. The summed E-state index contributed by atoms with van der Waals surface area (Å²) in [7, 11) is 3.71. The van der Waals surface area contributed by atoms with Crippen molar-refractivity contribution >= 4 is 17.6 Å². The van der Waals surface area contributed by atoms with E-state index in [1.807, 2.05) is 42.3 Å². The molecule has 1 aliphatic rings. The van der Waals surface area contributed by atoms with Crippen LogP contribution in [0, 0.1) is 5.41 Å². The van der Waals surface area contributed by atoms with Gasteiger partial charge in [-0.2, -0.15) is 0 Å². The molecular weight excluding hydrogens is 376 g/mol. The summed E-state index contributed by atoms with van der Waals surface area (Å²) in [6, 6.07) is 9.82. The van der Waals surface area contributed by atoms with Crippen LogP contribution in [0.1, 0.15) is 64.2 Å². The van der Waals surface area contributed by atoms with Gasteiger partial charge in [-0.25, -0.2) is 0 Å². The molecule has 0 atom stereocenters. The molecule has 1 amide bonds. The highest BCUT2D eigenvalue weighted by Gasteiger charge is 2.35. The Morgan fingerprint density at radius 3 is 2.50 bits per heavy atom. The van der Waals surface area contributed by atoms with E-state index in [-0.39, 0.29) is 11.3 Å². The molecule has 0 spiro atoms. The third kappa shape index (κ3) is 8.74. The maximum Gasteiger partial charge on any atom is 0.222 e. The van der Waals surface area contributed by atoms with Crippen LogP contribution in [0.25, 0.3) is 0 Å². The monoisotopic (exact) mass is 416 g/mol. The predicted molar refractivity (Wildman–Crippen MR) is 125 cm³/mol. The van der Waals surface area contributed by atoms with Gasteiger partial charge in [0.1, 0.15) is 0 Å². The molecule has 168 valence electrons. The van der Waals surface area contributed by atoms with Crippen LogP contribution in [-0.2, 0) is 9.53 Å². The molecular formula is C24H40N4O2. The summed E-state index contributed by atoms with van der Waals surface area (Å²) in [4.78, 5) is 18.8. The molecule has 1 aromatic carbocycles. The number of guanidine groups is 1. The number of carbonyl (C=O) groups excluding carboxylic acids is 1. The average molecular weight is 417 g/mol. The van der Waals surface area contributed by atoms with E-state index in [4.69, 9.17) is 10.5 Å². The Labute approximate surface area is 182 Å². The van der Waals surface area contributed by atoms with Crippen LogP contribution in [0.15, 0.2) is 35.3 Å². The van der Waals surface area contributed by atoms with Gasteiger partial charge < -0.3 is 20.7 Å². The molecule has 6 nitrogen and oxygen atoms in total. The number of carbonyl (C=O) groups is 1. The van der Waals surface area contributed by atoms with Gasteiger partial charge in [0, 0.05) is 44.8 Å². The first-order chi connectivity index (χ1) is 14.5. The number of unbranched alkanes of at least 4 members (excludes halogenated alkanes) is 4. The minimum atomic E-state index is 0.177. The van der Waals surface area contributed by atoms with Gasteiger partial charge in [0.25, 0.3) is 0 Å². The van der Waals surface area contributed by atoms with E-state index in [1.54, 1.807) is 7.11 Å². The number of ether oxygens (including phenoxy) is 1. The first-order valence-corrected chi connectivity index (χ1v) is 11.4. The Morgan fingerprint density at radius 2 is 1.80 bits per heavy atom. The zero-order chi connectivity index (χ0) is 21.7. The van der Waals surface area contributed by atoms with E-state index in [0.29, 0.717) is 12.4 Å². The summed E-state index contributed by atoms with van der Waals surface area (Å²) in [5.74, 6) is 0.727. The maximum absolute atomic E-state index is 12.5. The van der Waals surface area contributed by atoms with Crippen molar-refractivity contribution in [2.45, 2.75) is 64.2 Å². The highest BCUT2D eigenvalue weighted by molar-refractivity contribution is 5.92. The third-order valence-corrected chi connectivity index (χ3v) is 5.99. The van der Waals surface area contributed by atoms with E-state index in [9.17, 15) is 4.79 Å². The van der Waals surface area contributed by atoms with Crippen LogP contribution in [0.2, 0.25) is 0 Å². The highest BCUT2D eigenvalue weighted by Crippen LogP contribution is 2.38. The van der Waals surface area contributed by atoms with Crippen LogP contribution in [0.5, 0.6) is 0 Å². The molecule has 30 heavy (non-hydrogen) atoms. The van der Waals surface area contributed by atoms with Crippen LogP contribution in [-0.4, -0.2) is 50.6 Å². The van der Waals surface area contributed by atoms with Gasteiger partial charge in [-0.1, -0.05) is 50.3 Å². The fourth-order valence-electron chi connectivity index (χ4n) is 4.39. The minimum absolute atomic E-state index is 0.177. The number of hydrogen-bond donors (Lipinski definition) is 2. The molecule has 0 unspecified atom stereocenters. The average Bonchev–Trinajstić information content (AvgIpc) is 3.18. The molecule has 0 saturated heterocycles. The number of hydrogen-bond acceptors (Lipinski definition) is 3. The second-order valence-electron chi connectivity index (χ2n) is 8.67. The molecule has 1 aliphatic carbocycles. The summed E-state index contributed by atoms with van der Waals surface area (Å²) >= 11 is 0. The lowest BCUT2D eigenvalue weighted by molar-refractivity contribution is -0.132. The van der Waals surface area contributed by atoms with Crippen molar-refractivity contribution in [1.29, 1.82) is 0 Å². The van der Waals surface area contributed by atoms with Crippen molar-refractivity contribution in [3.8, 4) is 0 Å². The molecule has 1 fully saturated rings. The van der Waals surface area contributed by atoms with Crippen molar-refractivity contribution in [2.75, 3.05) is 39.2 Å². The van der Waals surface area contributed by atoms with Crippen molar-refractivity contribution in [1.82, 2.24) is 4.90 Å². The minimum Gasteiger partial charge on any atom is -0.384 e. The number of anilines is 1. The van der Waals surface area contributed by atoms with Crippen molar-refractivity contribution < 1.29 is 9.53 Å². The number of nitrogens with zero attached hydrogens (tertiary/aromatic N) is 2. The molecule has 0 radical (unpaired) electrons. The van der Waals surface area contributed by atoms with Crippen LogP contribution >= 0.6 is 0 Å². The van der Waals surface area contributed by atoms with Gasteiger partial charge in [0.2, 0.25) is 5.91 Å². The number of nitrogens with one attached hydrogen (secondary N) is 1. The predicted octanol–water partition coefficient (Wildman–Crippen LogP) is 4.42. The van der Waals surface area contributed by atoms with E-state index in [1.165, 1.54) is 25.7 Å². The van der Waals surface area contributed by atoms with Crippen LogP contribution in [0.3, 0.4) is 0 Å². The number of aliphatic imine (C=N–C) groups is 1. The second kappa shape index (κ2) is 13.3. The Balaban J connectivity index is 1.52. The Kier molecular flexibility index (Phi) is 10.7. The highest BCUT2D eigenvalue weighted by atomic mass is 16.5. The fraction of sp³-hybridized carbons (Fsp3) is 0.667. The van der Waals surface area contributed by atoms with Gasteiger partial charge in [-0.15, -0.1) is 0 Å². The molecule has 3 N–H and O–H groups in total. The Hall–Kier alpha value is -2.08. The van der Waals surface area contributed by atoms with Gasteiger partial charge in [0.15, 0.2) is 5.96 Å². The van der Waals surface area contributed by atoms with Crippen molar-refractivity contribution in [3.05, 3.63) is 30.3 Å². The first kappa shape index (κ1) is 24.2. The maximum atomic E-state index is 12.5. The summed E-state index contributed by atoms with van der Waals surface area (Å²) in [6.45, 7) is 2.32. The fourth-order valence-corrected chi connectivity index (χ4v) is 4.39. The lowest BCUT2D eigenvalue weighted by Gasteiger charge is -2.33. The smallest absolute Gasteiger partial charge is 0.222 e. The van der Waals surface area contributed by atoms with Gasteiger partial charge in [0.05, 0.1) is 6.61 Å². The number of benzene rings is 1. The lowest BCUT2D eigenvalue weighted by atomic mass is 9.86. The normalized spacial score (nSPS) is 15.9. The largest absolute Gasteiger partial charge is 0.384 e. The number of para-hydroxylation sites is 1. The van der Waals surface area contributed by atoms with Gasteiger partial charge in [-0.3, -0.25) is 9.79 Å². The third-order valence-electron chi connectivity index (χ3n) is 5.99. The van der Waals surface area contributed by atoms with Gasteiger partial charge >= 0.3 is 0 Å². The molecule has 0 aliphatic heterocycles. The van der Waals surface area contributed by atoms with E-state index < -0.39 is 0 Å². The van der Waals surface area contributed by atoms with Crippen LogP contribution < -0.4 is 11.1 Å². The van der Waals surface area contributed by atoms with E-state index in [2.05, 4.69) is 10.3 Å². The summed E-state index contributed by atoms with van der Waals surface area (Å²) in [5, 5.41) is 3.09. The van der Waals surface area contributed by atoms with Crippen LogP contribution in [0.4, 0.5) is 5.69 Å². The summed E-state index contributed by atoms with van der Waals surface area (Å²) < 4.78 is 5.44. The van der Waals surface area contributed by atoms with Gasteiger partial charge in [-0.05, 0) is 37.8 Å². The molecule has 2 rings (SSSR count). The number of nitrogens with two attached hydrogens (primary N) is 1. The Morgan fingerprint density at radius 1 is 1.13 bits per heavy atom. The topological polar surface area (TPSA) is 80.0 Å². The second-order valence-corrected chi connectivity index (χ2v) is 8.67. The summed E-state index contributed by atoms with van der Waals surface area (Å²) in [6.07, 6.45) is 10.8. The van der Waals surface area contributed by atoms with Crippen molar-refractivity contribution in [3.63, 3.8) is 0 Å². The molecule has 0 bridgehead atoms. The first-order valence-electron chi connectivity index (χ1n) is 11.4. The SMILES string of the molecule is COCC1(CN(C)C(=O)CCCCCCCN=C(N)Nc2ccccc2)CCCC1. The number of methoxy groups -OCH3 is 1. The standard InChI is InChI=1S/C24H40N4O2/c1-28(19-24(20-30-2)16-10-11-17-24)22(29)15-9-4-3-5-12-18-26-23(25)27-21-13-7-6-8-14-21/h6-8,13-14H,3-5,9-12,15-20H2,1-2H3,(H3,25,26,27). The lowest BCUT2D eigenvalue weighted by Crippen LogP contribution is -2.40. The zero-order valence-electron chi connectivity index (χ0n) is 18.9. The molecule has 1 saturated carbocycles. The number of amides is 1. The molecule has 6 heteroatoms. The quantitative estimate of drug-likeness (QED) is 0.283. The molecule has 1 aromatic rings. The van der Waals surface area contributed by atoms with E-state index >= 15 is 0 Å². The van der Waals surface area contributed by atoms with E-state index in [0.717, 1.165) is 57.5 Å². The Bertz CT molecular complexity index is 642. The van der Waals surface area contributed by atoms with Crippen molar-refractivity contribution in [2.24, 2.45) is 16.1 Å². The summed E-state index contributed by atoms with van der Waals surface area (Å²) in [5.41, 5.74) is 7.04. The molecule has 0 aromatic heterocycles.